The summed E-state index contributed by atoms with van der Waals surface area (Å²) < 4.78 is 19.6. The van der Waals surface area contributed by atoms with Crippen LogP contribution in [0.4, 0.5) is 4.39 Å². The molecule has 6 nitrogen and oxygen atoms in total. The van der Waals surface area contributed by atoms with Crippen LogP contribution in [0.3, 0.4) is 0 Å². The molecule has 2 heterocycles. The van der Waals surface area contributed by atoms with Crippen molar-refractivity contribution in [3.63, 3.8) is 0 Å². The summed E-state index contributed by atoms with van der Waals surface area (Å²) in [6, 6.07) is 16.2. The molecular formula is C20H21FN4O2. The molecule has 4 rings (SSSR count). The van der Waals surface area contributed by atoms with E-state index in [0.717, 1.165) is 32.7 Å². The van der Waals surface area contributed by atoms with Gasteiger partial charge in [0.15, 0.2) is 0 Å². The third-order valence-corrected chi connectivity index (χ3v) is 4.75. The van der Waals surface area contributed by atoms with E-state index in [0.29, 0.717) is 12.2 Å². The first-order valence-electron chi connectivity index (χ1n) is 9.00. The maximum atomic E-state index is 13.0. The van der Waals surface area contributed by atoms with Crippen LogP contribution in [0, 0.1) is 5.82 Å². The van der Waals surface area contributed by atoms with Crippen molar-refractivity contribution in [3.05, 3.63) is 76.5 Å². The largest absolute Gasteiger partial charge is 0.438 e. The van der Waals surface area contributed by atoms with Crippen LogP contribution >= 0.6 is 0 Å². The Bertz CT molecular complexity index is 929. The average Bonchev–Trinajstić information content (AvgIpc) is 3.05. The number of nitrogens with zero attached hydrogens (tertiary/aromatic N) is 4. The standard InChI is InChI=1S/C20H21FN4O2/c21-18-8-6-17(7-9-18)19-22-25(20(26)27-19)15-24-12-10-23(11-13-24)14-16-4-2-1-3-5-16/h1-9H,10-15H2. The van der Waals surface area contributed by atoms with Gasteiger partial charge >= 0.3 is 5.76 Å². The zero-order chi connectivity index (χ0) is 18.6. The maximum Gasteiger partial charge on any atom is 0.438 e. The normalized spacial score (nSPS) is 15.9. The first-order valence-corrected chi connectivity index (χ1v) is 9.00. The van der Waals surface area contributed by atoms with Crippen LogP contribution in [-0.2, 0) is 13.2 Å². The SMILES string of the molecule is O=c1oc(-c2ccc(F)cc2)nn1CN1CCN(Cc2ccccc2)CC1. The quantitative estimate of drug-likeness (QED) is 0.692. The van der Waals surface area contributed by atoms with Crippen molar-refractivity contribution in [1.82, 2.24) is 19.6 Å². The highest BCUT2D eigenvalue weighted by Crippen LogP contribution is 2.16. The lowest BCUT2D eigenvalue weighted by atomic mass is 10.2. The topological polar surface area (TPSA) is 54.5 Å². The Balaban J connectivity index is 1.35. The van der Waals surface area contributed by atoms with Crippen LogP contribution in [0.25, 0.3) is 11.5 Å². The smallest absolute Gasteiger partial charge is 0.388 e. The van der Waals surface area contributed by atoms with Crippen LogP contribution < -0.4 is 5.76 Å². The molecule has 1 aliphatic heterocycles. The van der Waals surface area contributed by atoms with E-state index in [1.165, 1.54) is 22.4 Å². The number of halogens is 1. The predicted molar refractivity (Wildman–Crippen MR) is 99.4 cm³/mol. The lowest BCUT2D eigenvalue weighted by molar-refractivity contribution is 0.0964. The van der Waals surface area contributed by atoms with Crippen LogP contribution in [-0.4, -0.2) is 45.8 Å². The first kappa shape index (κ1) is 17.6. The van der Waals surface area contributed by atoms with Gasteiger partial charge in [0.25, 0.3) is 0 Å². The van der Waals surface area contributed by atoms with Crippen molar-refractivity contribution in [2.24, 2.45) is 0 Å². The summed E-state index contributed by atoms with van der Waals surface area (Å²) in [6.07, 6.45) is 0. The van der Waals surface area contributed by atoms with Gasteiger partial charge < -0.3 is 4.42 Å². The molecule has 0 unspecified atom stereocenters. The molecule has 3 aromatic rings. The summed E-state index contributed by atoms with van der Waals surface area (Å²) >= 11 is 0. The molecule has 0 N–H and O–H groups in total. The monoisotopic (exact) mass is 368 g/mol. The van der Waals surface area contributed by atoms with Gasteiger partial charge in [-0.2, -0.15) is 4.68 Å². The number of aromatic nitrogens is 2. The Morgan fingerprint density at radius 1 is 0.926 bits per heavy atom. The molecule has 0 radical (unpaired) electrons. The highest BCUT2D eigenvalue weighted by molar-refractivity contribution is 5.51. The van der Waals surface area contributed by atoms with E-state index >= 15 is 0 Å². The second-order valence-corrected chi connectivity index (χ2v) is 6.70. The highest BCUT2D eigenvalue weighted by atomic mass is 19.1. The second-order valence-electron chi connectivity index (χ2n) is 6.70. The summed E-state index contributed by atoms with van der Waals surface area (Å²) in [5, 5.41) is 4.25. The number of benzene rings is 2. The fraction of sp³-hybridized carbons (Fsp3) is 0.300. The number of rotatable bonds is 5. The lowest BCUT2D eigenvalue weighted by Crippen LogP contribution is -2.47. The van der Waals surface area contributed by atoms with E-state index in [2.05, 4.69) is 39.2 Å². The van der Waals surface area contributed by atoms with E-state index in [1.54, 1.807) is 12.1 Å². The number of hydrogen-bond acceptors (Lipinski definition) is 5. The van der Waals surface area contributed by atoms with Gasteiger partial charge in [0.2, 0.25) is 5.89 Å². The first-order chi connectivity index (χ1) is 13.2. The fourth-order valence-electron chi connectivity index (χ4n) is 3.22. The fourth-order valence-corrected chi connectivity index (χ4v) is 3.22. The molecule has 0 amide bonds. The van der Waals surface area contributed by atoms with E-state index in [-0.39, 0.29) is 11.7 Å². The molecule has 0 atom stereocenters. The minimum absolute atomic E-state index is 0.211. The highest BCUT2D eigenvalue weighted by Gasteiger charge is 2.19. The van der Waals surface area contributed by atoms with Crippen molar-refractivity contribution in [1.29, 1.82) is 0 Å². The summed E-state index contributed by atoms with van der Waals surface area (Å²) in [7, 11) is 0. The molecule has 1 aromatic heterocycles. The lowest BCUT2D eigenvalue weighted by Gasteiger charge is -2.34. The zero-order valence-corrected chi connectivity index (χ0v) is 14.9. The number of piperazine rings is 1. The molecule has 7 heteroatoms. The Kier molecular flexibility index (Phi) is 5.13. The molecule has 0 saturated carbocycles. The van der Waals surface area contributed by atoms with Gasteiger partial charge in [-0.15, -0.1) is 5.10 Å². The minimum atomic E-state index is -0.499. The Labute approximate surface area is 156 Å². The zero-order valence-electron chi connectivity index (χ0n) is 14.9. The van der Waals surface area contributed by atoms with Crippen LogP contribution in [0.15, 0.2) is 63.8 Å². The summed E-state index contributed by atoms with van der Waals surface area (Å²) in [6.45, 7) is 4.92. The Morgan fingerprint density at radius 3 is 2.30 bits per heavy atom. The molecule has 1 fully saturated rings. The van der Waals surface area contributed by atoms with Gasteiger partial charge in [-0.1, -0.05) is 30.3 Å². The van der Waals surface area contributed by atoms with E-state index < -0.39 is 5.76 Å². The molecule has 2 aromatic carbocycles. The molecule has 0 spiro atoms. The Hall–Kier alpha value is -2.77. The van der Waals surface area contributed by atoms with Gasteiger partial charge in [-0.25, -0.2) is 9.18 Å². The molecule has 0 aliphatic carbocycles. The summed E-state index contributed by atoms with van der Waals surface area (Å²) in [5.74, 6) is -0.627. The third kappa shape index (κ3) is 4.32. The van der Waals surface area contributed by atoms with E-state index in [9.17, 15) is 9.18 Å². The van der Waals surface area contributed by atoms with Gasteiger partial charge in [-0.05, 0) is 29.8 Å². The summed E-state index contributed by atoms with van der Waals surface area (Å²) in [4.78, 5) is 16.7. The van der Waals surface area contributed by atoms with Gasteiger partial charge in [-0.3, -0.25) is 9.80 Å². The molecule has 140 valence electrons. The van der Waals surface area contributed by atoms with Crippen molar-refractivity contribution >= 4 is 0 Å². The van der Waals surface area contributed by atoms with Crippen molar-refractivity contribution in [2.75, 3.05) is 26.2 Å². The van der Waals surface area contributed by atoms with E-state index in [4.69, 9.17) is 4.42 Å². The van der Waals surface area contributed by atoms with Crippen molar-refractivity contribution in [2.45, 2.75) is 13.2 Å². The average molecular weight is 368 g/mol. The molecule has 0 bridgehead atoms. The molecule has 27 heavy (non-hydrogen) atoms. The Morgan fingerprint density at radius 2 is 1.59 bits per heavy atom. The van der Waals surface area contributed by atoms with E-state index in [1.807, 2.05) is 6.07 Å². The van der Waals surface area contributed by atoms with Gasteiger partial charge in [0.1, 0.15) is 12.5 Å². The minimum Gasteiger partial charge on any atom is -0.388 e. The molecule has 1 aliphatic rings. The summed E-state index contributed by atoms with van der Waals surface area (Å²) in [5.41, 5.74) is 1.89. The van der Waals surface area contributed by atoms with Crippen LogP contribution in [0.1, 0.15) is 5.56 Å². The van der Waals surface area contributed by atoms with Crippen molar-refractivity contribution in [3.8, 4) is 11.5 Å². The van der Waals surface area contributed by atoms with Gasteiger partial charge in [0, 0.05) is 38.3 Å². The third-order valence-electron chi connectivity index (χ3n) is 4.75. The van der Waals surface area contributed by atoms with Crippen molar-refractivity contribution < 1.29 is 8.81 Å². The van der Waals surface area contributed by atoms with Crippen LogP contribution in [0.2, 0.25) is 0 Å². The number of hydrogen-bond donors (Lipinski definition) is 0. The molecular weight excluding hydrogens is 347 g/mol. The van der Waals surface area contributed by atoms with Gasteiger partial charge in [0.05, 0.1) is 0 Å². The maximum absolute atomic E-state index is 13.0. The second kappa shape index (κ2) is 7.85. The molecule has 1 saturated heterocycles. The van der Waals surface area contributed by atoms with Crippen LogP contribution in [0.5, 0.6) is 0 Å². The predicted octanol–water partition coefficient (Wildman–Crippen LogP) is 2.42.